The number of aryl methyl sites for hydroxylation is 1. The van der Waals surface area contributed by atoms with Gasteiger partial charge in [0.1, 0.15) is 0 Å². The van der Waals surface area contributed by atoms with Crippen molar-refractivity contribution in [1.29, 1.82) is 0 Å². The van der Waals surface area contributed by atoms with Crippen LogP contribution in [0.15, 0.2) is 30.3 Å². The largest absolute Gasteiger partial charge is 0.349 e. The van der Waals surface area contributed by atoms with Crippen LogP contribution >= 0.6 is 11.6 Å². The van der Waals surface area contributed by atoms with Gasteiger partial charge in [-0.1, -0.05) is 30.7 Å². The summed E-state index contributed by atoms with van der Waals surface area (Å²) in [6.45, 7) is 10.7. The summed E-state index contributed by atoms with van der Waals surface area (Å²) in [5.41, 5.74) is 5.34. The first-order valence-corrected chi connectivity index (χ1v) is 8.09. The predicted molar refractivity (Wildman–Crippen MR) is 90.9 cm³/mol. The molecule has 2 rings (SSSR count). The van der Waals surface area contributed by atoms with Crippen LogP contribution < -0.4 is 5.32 Å². The Morgan fingerprint density at radius 3 is 2.52 bits per heavy atom. The molecule has 1 aromatic carbocycles. The van der Waals surface area contributed by atoms with Crippen LogP contribution in [0.5, 0.6) is 0 Å². The molecule has 0 bridgehead atoms. The highest BCUT2D eigenvalue weighted by molar-refractivity contribution is 6.30. The van der Waals surface area contributed by atoms with E-state index in [1.165, 1.54) is 22.5 Å². The first-order chi connectivity index (χ1) is 10.1. The number of nitrogens with zero attached hydrogens (tertiary/aromatic N) is 1. The van der Waals surface area contributed by atoms with Gasteiger partial charge in [-0.2, -0.15) is 0 Å². The monoisotopic (exact) mass is 304 g/mol. The Labute approximate surface area is 133 Å². The molecule has 0 spiro atoms. The minimum atomic E-state index is 0.341. The molecule has 1 unspecified atom stereocenters. The average Bonchev–Trinajstić information content (AvgIpc) is 2.74. The van der Waals surface area contributed by atoms with Gasteiger partial charge < -0.3 is 9.88 Å². The second-order valence-electron chi connectivity index (χ2n) is 5.54. The van der Waals surface area contributed by atoms with Crippen molar-refractivity contribution < 1.29 is 0 Å². The summed E-state index contributed by atoms with van der Waals surface area (Å²) in [5.74, 6) is 0. The summed E-state index contributed by atoms with van der Waals surface area (Å²) < 4.78 is 2.36. The molecule has 1 N–H and O–H groups in total. The standard InChI is InChI=1S/C18H25ClN2/c1-5-18(15-8-7-9-17(19)11-15)20-12-16-10-13(3)21(6-2)14(16)4/h7-11,18,20H,5-6,12H2,1-4H3. The molecular weight excluding hydrogens is 280 g/mol. The molecule has 0 aliphatic rings. The highest BCUT2D eigenvalue weighted by atomic mass is 35.5. The van der Waals surface area contributed by atoms with E-state index < -0.39 is 0 Å². The first-order valence-electron chi connectivity index (χ1n) is 7.71. The molecule has 0 amide bonds. The SMILES string of the molecule is CCC(NCc1cc(C)n(CC)c1C)c1cccc(Cl)c1. The molecular formula is C18H25ClN2. The van der Waals surface area contributed by atoms with Gasteiger partial charge >= 0.3 is 0 Å². The van der Waals surface area contributed by atoms with Gasteiger partial charge in [-0.25, -0.2) is 0 Å². The Kier molecular flexibility index (Phi) is 5.49. The third-order valence-electron chi connectivity index (χ3n) is 4.19. The number of halogens is 1. The van der Waals surface area contributed by atoms with Crippen molar-refractivity contribution in [3.63, 3.8) is 0 Å². The zero-order chi connectivity index (χ0) is 15.4. The van der Waals surface area contributed by atoms with Crippen molar-refractivity contribution in [1.82, 2.24) is 9.88 Å². The van der Waals surface area contributed by atoms with E-state index in [1.807, 2.05) is 12.1 Å². The molecule has 0 radical (unpaired) electrons. The lowest BCUT2D eigenvalue weighted by Gasteiger charge is -2.18. The molecule has 2 nitrogen and oxygen atoms in total. The zero-order valence-corrected chi connectivity index (χ0v) is 14.2. The van der Waals surface area contributed by atoms with E-state index in [4.69, 9.17) is 11.6 Å². The average molecular weight is 305 g/mol. The zero-order valence-electron chi connectivity index (χ0n) is 13.4. The molecule has 114 valence electrons. The van der Waals surface area contributed by atoms with Crippen molar-refractivity contribution in [2.45, 2.75) is 53.2 Å². The van der Waals surface area contributed by atoms with Crippen molar-refractivity contribution in [2.75, 3.05) is 0 Å². The lowest BCUT2D eigenvalue weighted by Crippen LogP contribution is -2.20. The smallest absolute Gasteiger partial charge is 0.0409 e. The molecule has 1 aromatic heterocycles. The number of aromatic nitrogens is 1. The van der Waals surface area contributed by atoms with Gasteiger partial charge in [0.2, 0.25) is 0 Å². The molecule has 3 heteroatoms. The minimum Gasteiger partial charge on any atom is -0.349 e. The van der Waals surface area contributed by atoms with Crippen molar-refractivity contribution in [3.8, 4) is 0 Å². The van der Waals surface area contributed by atoms with E-state index >= 15 is 0 Å². The predicted octanol–water partition coefficient (Wildman–Crippen LogP) is 5.02. The molecule has 0 aliphatic heterocycles. The Morgan fingerprint density at radius 2 is 1.95 bits per heavy atom. The van der Waals surface area contributed by atoms with Crippen LogP contribution in [0.2, 0.25) is 5.02 Å². The highest BCUT2D eigenvalue weighted by Gasteiger charge is 2.12. The molecule has 21 heavy (non-hydrogen) atoms. The maximum absolute atomic E-state index is 6.10. The topological polar surface area (TPSA) is 17.0 Å². The van der Waals surface area contributed by atoms with Gasteiger partial charge in [0.25, 0.3) is 0 Å². The van der Waals surface area contributed by atoms with E-state index in [-0.39, 0.29) is 0 Å². The number of nitrogens with one attached hydrogen (secondary N) is 1. The Morgan fingerprint density at radius 1 is 1.19 bits per heavy atom. The summed E-state index contributed by atoms with van der Waals surface area (Å²) >= 11 is 6.10. The Bertz CT molecular complexity index is 601. The first kappa shape index (κ1) is 16.1. The molecule has 2 aromatic rings. The third kappa shape index (κ3) is 3.69. The van der Waals surface area contributed by atoms with Gasteiger partial charge in [0.15, 0.2) is 0 Å². The maximum Gasteiger partial charge on any atom is 0.0409 e. The molecule has 1 atom stereocenters. The fraction of sp³-hybridized carbons (Fsp3) is 0.444. The van der Waals surface area contributed by atoms with E-state index in [1.54, 1.807) is 0 Å². The normalized spacial score (nSPS) is 12.6. The summed E-state index contributed by atoms with van der Waals surface area (Å²) in [6, 6.07) is 10.8. The molecule has 0 saturated heterocycles. The molecule has 0 aliphatic carbocycles. The number of hydrogen-bond acceptors (Lipinski definition) is 1. The van der Waals surface area contributed by atoms with Crippen molar-refractivity contribution >= 4 is 11.6 Å². The van der Waals surface area contributed by atoms with Crippen LogP contribution in [0.4, 0.5) is 0 Å². The van der Waals surface area contributed by atoms with Gasteiger partial charge in [0.05, 0.1) is 0 Å². The summed E-state index contributed by atoms with van der Waals surface area (Å²) in [4.78, 5) is 0. The van der Waals surface area contributed by atoms with Crippen LogP contribution in [-0.2, 0) is 13.1 Å². The fourth-order valence-electron chi connectivity index (χ4n) is 2.99. The van der Waals surface area contributed by atoms with E-state index in [2.05, 4.69) is 55.8 Å². The summed E-state index contributed by atoms with van der Waals surface area (Å²) in [6.07, 6.45) is 1.05. The van der Waals surface area contributed by atoms with Crippen molar-refractivity contribution in [3.05, 3.63) is 57.9 Å². The molecule has 0 saturated carbocycles. The van der Waals surface area contributed by atoms with Crippen LogP contribution in [0.1, 0.15) is 48.8 Å². The Balaban J connectivity index is 2.10. The molecule has 0 fully saturated rings. The summed E-state index contributed by atoms with van der Waals surface area (Å²) in [7, 11) is 0. The fourth-order valence-corrected chi connectivity index (χ4v) is 3.19. The maximum atomic E-state index is 6.10. The quantitative estimate of drug-likeness (QED) is 0.793. The van der Waals surface area contributed by atoms with E-state index in [0.717, 1.165) is 24.5 Å². The van der Waals surface area contributed by atoms with Gasteiger partial charge in [-0.05, 0) is 56.5 Å². The van der Waals surface area contributed by atoms with Crippen LogP contribution in [0.3, 0.4) is 0 Å². The minimum absolute atomic E-state index is 0.341. The lowest BCUT2D eigenvalue weighted by atomic mass is 10.0. The highest BCUT2D eigenvalue weighted by Crippen LogP contribution is 2.22. The van der Waals surface area contributed by atoms with Crippen LogP contribution in [0, 0.1) is 13.8 Å². The second kappa shape index (κ2) is 7.15. The van der Waals surface area contributed by atoms with Crippen LogP contribution in [0.25, 0.3) is 0 Å². The number of hydrogen-bond donors (Lipinski definition) is 1. The third-order valence-corrected chi connectivity index (χ3v) is 4.43. The van der Waals surface area contributed by atoms with Gasteiger partial charge in [-0.15, -0.1) is 0 Å². The number of rotatable bonds is 6. The molecule has 1 heterocycles. The Hall–Kier alpha value is -1.25. The van der Waals surface area contributed by atoms with E-state index in [9.17, 15) is 0 Å². The van der Waals surface area contributed by atoms with Gasteiger partial charge in [0, 0.05) is 35.5 Å². The lowest BCUT2D eigenvalue weighted by molar-refractivity contribution is 0.517. The van der Waals surface area contributed by atoms with E-state index in [0.29, 0.717) is 6.04 Å². The second-order valence-corrected chi connectivity index (χ2v) is 5.97. The summed E-state index contributed by atoms with van der Waals surface area (Å²) in [5, 5.41) is 4.47. The van der Waals surface area contributed by atoms with Gasteiger partial charge in [-0.3, -0.25) is 0 Å². The van der Waals surface area contributed by atoms with Crippen LogP contribution in [-0.4, -0.2) is 4.57 Å². The van der Waals surface area contributed by atoms with Crippen molar-refractivity contribution in [2.24, 2.45) is 0 Å². The number of benzene rings is 1.